The summed E-state index contributed by atoms with van der Waals surface area (Å²) in [6, 6.07) is 7.54. The van der Waals surface area contributed by atoms with Crippen LogP contribution in [0, 0.1) is 6.92 Å². The Kier molecular flexibility index (Phi) is 5.55. The van der Waals surface area contributed by atoms with Crippen molar-refractivity contribution in [3.8, 4) is 11.5 Å². The molecule has 0 spiro atoms. The van der Waals surface area contributed by atoms with E-state index in [0.717, 1.165) is 43.2 Å². The van der Waals surface area contributed by atoms with E-state index < -0.39 is 0 Å². The quantitative estimate of drug-likeness (QED) is 0.799. The molecule has 7 heteroatoms. The summed E-state index contributed by atoms with van der Waals surface area (Å²) in [5, 5.41) is 6.54. The Balaban J connectivity index is 1.71. The molecule has 1 aliphatic rings. The third-order valence-electron chi connectivity index (χ3n) is 4.02. The summed E-state index contributed by atoms with van der Waals surface area (Å²) in [4.78, 5) is 8.96. The van der Waals surface area contributed by atoms with Crippen LogP contribution in [0.15, 0.2) is 24.3 Å². The van der Waals surface area contributed by atoms with Crippen molar-refractivity contribution in [2.24, 2.45) is 0 Å². The number of benzene rings is 1. The van der Waals surface area contributed by atoms with Gasteiger partial charge in [-0.1, -0.05) is 0 Å². The summed E-state index contributed by atoms with van der Waals surface area (Å²) >= 11 is 0. The summed E-state index contributed by atoms with van der Waals surface area (Å²) in [6.07, 6.45) is 2.44. The lowest BCUT2D eigenvalue weighted by Gasteiger charge is -2.14. The Bertz CT molecular complexity index is 717. The predicted octanol–water partition coefficient (Wildman–Crippen LogP) is 3.14. The van der Waals surface area contributed by atoms with E-state index >= 15 is 0 Å². The van der Waals surface area contributed by atoms with Gasteiger partial charge in [0.2, 0.25) is 5.95 Å². The number of ether oxygens (including phenoxy) is 3. The molecule has 2 N–H and O–H groups in total. The maximum atomic E-state index is 5.62. The first-order valence-corrected chi connectivity index (χ1v) is 8.38. The van der Waals surface area contributed by atoms with Crippen LogP contribution in [-0.4, -0.2) is 43.4 Å². The molecule has 7 nitrogen and oxygen atoms in total. The van der Waals surface area contributed by atoms with E-state index in [0.29, 0.717) is 17.4 Å². The van der Waals surface area contributed by atoms with Gasteiger partial charge in [0.15, 0.2) is 11.5 Å². The Labute approximate surface area is 147 Å². The van der Waals surface area contributed by atoms with Crippen molar-refractivity contribution < 1.29 is 14.2 Å². The second kappa shape index (κ2) is 8.02. The van der Waals surface area contributed by atoms with Crippen molar-refractivity contribution in [2.45, 2.75) is 25.9 Å². The largest absolute Gasteiger partial charge is 0.493 e. The van der Waals surface area contributed by atoms with Crippen LogP contribution in [0.3, 0.4) is 0 Å². The number of hydrogen-bond acceptors (Lipinski definition) is 7. The fraction of sp³-hybridized carbons (Fsp3) is 0.444. The summed E-state index contributed by atoms with van der Waals surface area (Å²) < 4.78 is 16.2. The molecule has 1 saturated heterocycles. The van der Waals surface area contributed by atoms with Crippen molar-refractivity contribution >= 4 is 17.5 Å². The van der Waals surface area contributed by atoms with Crippen LogP contribution in [0.1, 0.15) is 18.5 Å². The molecule has 0 radical (unpaired) electrons. The van der Waals surface area contributed by atoms with Crippen LogP contribution >= 0.6 is 0 Å². The normalized spacial score (nSPS) is 16.5. The molecular weight excluding hydrogens is 320 g/mol. The van der Waals surface area contributed by atoms with Gasteiger partial charge in [0, 0.05) is 36.7 Å². The zero-order valence-electron chi connectivity index (χ0n) is 14.8. The second-order valence-corrected chi connectivity index (χ2v) is 5.93. The molecule has 3 rings (SSSR count). The minimum Gasteiger partial charge on any atom is -0.493 e. The topological polar surface area (TPSA) is 77.5 Å². The van der Waals surface area contributed by atoms with Crippen LogP contribution in [0.2, 0.25) is 0 Å². The van der Waals surface area contributed by atoms with E-state index in [9.17, 15) is 0 Å². The molecule has 25 heavy (non-hydrogen) atoms. The Morgan fingerprint density at radius 2 is 2.00 bits per heavy atom. The third kappa shape index (κ3) is 4.51. The van der Waals surface area contributed by atoms with Crippen molar-refractivity contribution in [1.82, 2.24) is 9.97 Å². The number of aromatic nitrogens is 2. The van der Waals surface area contributed by atoms with Crippen LogP contribution in [0.4, 0.5) is 17.5 Å². The lowest BCUT2D eigenvalue weighted by molar-refractivity contribution is 0.120. The van der Waals surface area contributed by atoms with Crippen LogP contribution in [-0.2, 0) is 4.74 Å². The molecule has 2 heterocycles. The van der Waals surface area contributed by atoms with Crippen LogP contribution in [0.5, 0.6) is 11.5 Å². The number of nitrogens with zero attached hydrogens (tertiary/aromatic N) is 2. The van der Waals surface area contributed by atoms with E-state index in [1.54, 1.807) is 14.2 Å². The summed E-state index contributed by atoms with van der Waals surface area (Å²) in [7, 11) is 3.23. The van der Waals surface area contributed by atoms with Gasteiger partial charge in [0.25, 0.3) is 0 Å². The number of anilines is 3. The standard InChI is InChI=1S/C18H24N4O3/c1-12-9-17(21-13-6-7-15(23-2)16(10-13)24-3)22-18(20-12)19-11-14-5-4-8-25-14/h6-7,9-10,14H,4-5,8,11H2,1-3H3,(H2,19,20,21,22). The van der Waals surface area contributed by atoms with Gasteiger partial charge in [-0.2, -0.15) is 4.98 Å². The number of nitrogens with one attached hydrogen (secondary N) is 2. The molecule has 1 aromatic heterocycles. The predicted molar refractivity (Wildman–Crippen MR) is 97.1 cm³/mol. The minimum atomic E-state index is 0.242. The highest BCUT2D eigenvalue weighted by molar-refractivity contribution is 5.62. The van der Waals surface area contributed by atoms with E-state index in [1.807, 2.05) is 31.2 Å². The minimum absolute atomic E-state index is 0.242. The lowest BCUT2D eigenvalue weighted by Crippen LogP contribution is -2.20. The molecule has 0 aliphatic carbocycles. The van der Waals surface area contributed by atoms with Gasteiger partial charge >= 0.3 is 0 Å². The molecule has 134 valence electrons. The number of methoxy groups -OCH3 is 2. The summed E-state index contributed by atoms with van der Waals surface area (Å²) in [5.41, 5.74) is 1.74. The molecule has 1 aromatic carbocycles. The van der Waals surface area contributed by atoms with Gasteiger partial charge in [-0.3, -0.25) is 0 Å². The SMILES string of the molecule is COc1ccc(Nc2cc(C)nc(NCC3CCCO3)n2)cc1OC. The molecule has 1 fully saturated rings. The third-order valence-corrected chi connectivity index (χ3v) is 4.02. The summed E-state index contributed by atoms with van der Waals surface area (Å²) in [6.45, 7) is 3.51. The fourth-order valence-electron chi connectivity index (χ4n) is 2.78. The summed E-state index contributed by atoms with van der Waals surface area (Å²) in [5.74, 6) is 2.66. The van der Waals surface area contributed by atoms with Crippen LogP contribution < -0.4 is 20.1 Å². The van der Waals surface area contributed by atoms with Crippen molar-refractivity contribution in [3.63, 3.8) is 0 Å². The first-order valence-electron chi connectivity index (χ1n) is 8.38. The van der Waals surface area contributed by atoms with Gasteiger partial charge < -0.3 is 24.8 Å². The molecule has 1 atom stereocenters. The van der Waals surface area contributed by atoms with Gasteiger partial charge in [-0.05, 0) is 31.9 Å². The van der Waals surface area contributed by atoms with Gasteiger partial charge in [0.05, 0.1) is 20.3 Å². The van der Waals surface area contributed by atoms with E-state index in [4.69, 9.17) is 14.2 Å². The Morgan fingerprint density at radius 1 is 1.16 bits per heavy atom. The molecule has 1 unspecified atom stereocenters. The molecule has 1 aliphatic heterocycles. The highest BCUT2D eigenvalue weighted by Crippen LogP contribution is 2.31. The smallest absolute Gasteiger partial charge is 0.224 e. The first-order chi connectivity index (χ1) is 12.2. The molecule has 0 amide bonds. The maximum Gasteiger partial charge on any atom is 0.224 e. The van der Waals surface area contributed by atoms with Crippen molar-refractivity contribution in [1.29, 1.82) is 0 Å². The highest BCUT2D eigenvalue weighted by atomic mass is 16.5. The Hall–Kier alpha value is -2.54. The molecule has 0 bridgehead atoms. The number of aryl methyl sites for hydroxylation is 1. The number of hydrogen-bond donors (Lipinski definition) is 2. The zero-order chi connectivity index (χ0) is 17.6. The van der Waals surface area contributed by atoms with E-state index in [-0.39, 0.29) is 6.10 Å². The second-order valence-electron chi connectivity index (χ2n) is 5.93. The van der Waals surface area contributed by atoms with Gasteiger partial charge in [0.1, 0.15) is 5.82 Å². The average molecular weight is 344 g/mol. The molecule has 0 saturated carbocycles. The van der Waals surface area contributed by atoms with E-state index in [2.05, 4.69) is 20.6 Å². The lowest BCUT2D eigenvalue weighted by atomic mass is 10.2. The average Bonchev–Trinajstić information content (AvgIpc) is 3.13. The monoisotopic (exact) mass is 344 g/mol. The molecule has 2 aromatic rings. The molecular formula is C18H24N4O3. The zero-order valence-corrected chi connectivity index (χ0v) is 14.8. The fourth-order valence-corrected chi connectivity index (χ4v) is 2.78. The van der Waals surface area contributed by atoms with E-state index in [1.165, 1.54) is 0 Å². The van der Waals surface area contributed by atoms with Crippen molar-refractivity contribution in [2.75, 3.05) is 38.0 Å². The van der Waals surface area contributed by atoms with Crippen molar-refractivity contribution in [3.05, 3.63) is 30.0 Å². The van der Waals surface area contributed by atoms with Gasteiger partial charge in [-0.15, -0.1) is 0 Å². The Morgan fingerprint density at radius 3 is 2.72 bits per heavy atom. The maximum absolute atomic E-state index is 5.62. The number of rotatable bonds is 7. The van der Waals surface area contributed by atoms with Crippen LogP contribution in [0.25, 0.3) is 0 Å². The first kappa shape index (κ1) is 17.3. The van der Waals surface area contributed by atoms with Gasteiger partial charge in [-0.25, -0.2) is 4.98 Å². The highest BCUT2D eigenvalue weighted by Gasteiger charge is 2.15.